The standard InChI is InChI=1S/C18H21ClN4O2/c1-18(2,3)9-16(24)22-11-4-6-14(19)13(8-11)17(25)23-12-5-7-15(20)21-10-12/h4-8,10H,9H2,1-3H3,(H2,20,21)(H,22,24)(H,23,25). The summed E-state index contributed by atoms with van der Waals surface area (Å²) in [4.78, 5) is 28.4. The van der Waals surface area contributed by atoms with Crippen LogP contribution in [0, 0.1) is 5.41 Å². The van der Waals surface area contributed by atoms with Gasteiger partial charge in [0.25, 0.3) is 5.91 Å². The molecule has 0 atom stereocenters. The van der Waals surface area contributed by atoms with Crippen molar-refractivity contribution in [3.8, 4) is 0 Å². The third-order valence-electron chi connectivity index (χ3n) is 3.23. The predicted molar refractivity (Wildman–Crippen MR) is 101 cm³/mol. The molecule has 7 heteroatoms. The van der Waals surface area contributed by atoms with Gasteiger partial charge in [-0.05, 0) is 35.7 Å². The lowest BCUT2D eigenvalue weighted by atomic mass is 9.92. The van der Waals surface area contributed by atoms with Gasteiger partial charge < -0.3 is 16.4 Å². The third kappa shape index (κ3) is 5.76. The van der Waals surface area contributed by atoms with Gasteiger partial charge in [0.05, 0.1) is 22.5 Å². The van der Waals surface area contributed by atoms with E-state index in [0.717, 1.165) is 0 Å². The summed E-state index contributed by atoms with van der Waals surface area (Å²) in [6.07, 6.45) is 1.82. The Morgan fingerprint density at radius 1 is 1.12 bits per heavy atom. The molecule has 2 rings (SSSR count). The number of nitrogens with two attached hydrogens (primary N) is 1. The summed E-state index contributed by atoms with van der Waals surface area (Å²) < 4.78 is 0. The van der Waals surface area contributed by atoms with E-state index in [2.05, 4.69) is 15.6 Å². The lowest BCUT2D eigenvalue weighted by molar-refractivity contribution is -0.117. The van der Waals surface area contributed by atoms with Crippen molar-refractivity contribution in [2.24, 2.45) is 5.41 Å². The van der Waals surface area contributed by atoms with Gasteiger partial charge in [0.2, 0.25) is 5.91 Å². The Hall–Kier alpha value is -2.60. The number of pyridine rings is 1. The number of nitrogens with one attached hydrogen (secondary N) is 2. The topological polar surface area (TPSA) is 97.1 Å². The molecule has 0 saturated carbocycles. The fourth-order valence-electron chi connectivity index (χ4n) is 2.14. The fraction of sp³-hybridized carbons (Fsp3) is 0.278. The van der Waals surface area contributed by atoms with E-state index in [1.165, 1.54) is 6.20 Å². The number of benzene rings is 1. The average molecular weight is 361 g/mol. The number of hydrogen-bond acceptors (Lipinski definition) is 4. The maximum atomic E-state index is 12.4. The Bertz CT molecular complexity index is 783. The van der Waals surface area contributed by atoms with Crippen molar-refractivity contribution >= 4 is 40.6 Å². The van der Waals surface area contributed by atoms with Crippen molar-refractivity contribution in [1.29, 1.82) is 0 Å². The number of hydrogen-bond donors (Lipinski definition) is 3. The molecule has 25 heavy (non-hydrogen) atoms. The van der Waals surface area contributed by atoms with Gasteiger partial charge in [-0.3, -0.25) is 9.59 Å². The van der Waals surface area contributed by atoms with Crippen LogP contribution in [0.2, 0.25) is 5.02 Å². The van der Waals surface area contributed by atoms with Crippen molar-refractivity contribution in [2.75, 3.05) is 16.4 Å². The van der Waals surface area contributed by atoms with Crippen molar-refractivity contribution in [1.82, 2.24) is 4.98 Å². The third-order valence-corrected chi connectivity index (χ3v) is 3.56. The largest absolute Gasteiger partial charge is 0.384 e. The predicted octanol–water partition coefficient (Wildman–Crippen LogP) is 3.94. The summed E-state index contributed by atoms with van der Waals surface area (Å²) in [6, 6.07) is 8.00. The first kappa shape index (κ1) is 18.7. The van der Waals surface area contributed by atoms with Crippen molar-refractivity contribution in [3.63, 3.8) is 0 Å². The molecule has 0 bridgehead atoms. The molecule has 1 aromatic heterocycles. The Balaban J connectivity index is 2.13. The molecule has 0 aliphatic heterocycles. The maximum Gasteiger partial charge on any atom is 0.257 e. The molecule has 132 valence electrons. The first-order chi connectivity index (χ1) is 11.6. The van der Waals surface area contributed by atoms with Gasteiger partial charge in [-0.1, -0.05) is 32.4 Å². The number of aromatic nitrogens is 1. The monoisotopic (exact) mass is 360 g/mol. The van der Waals surface area contributed by atoms with Gasteiger partial charge in [-0.15, -0.1) is 0 Å². The number of rotatable bonds is 4. The summed E-state index contributed by atoms with van der Waals surface area (Å²) >= 11 is 6.12. The zero-order chi connectivity index (χ0) is 18.6. The van der Waals surface area contributed by atoms with Crippen LogP contribution in [0.1, 0.15) is 37.6 Å². The summed E-state index contributed by atoms with van der Waals surface area (Å²) in [7, 11) is 0. The fourth-order valence-corrected chi connectivity index (χ4v) is 2.34. The lowest BCUT2D eigenvalue weighted by Gasteiger charge is -2.17. The molecular weight excluding hydrogens is 340 g/mol. The second-order valence-corrected chi connectivity index (χ2v) is 7.31. The van der Waals surface area contributed by atoms with E-state index in [-0.39, 0.29) is 21.9 Å². The van der Waals surface area contributed by atoms with Gasteiger partial charge in [-0.25, -0.2) is 4.98 Å². The molecule has 1 aromatic carbocycles. The summed E-state index contributed by atoms with van der Waals surface area (Å²) in [5.74, 6) is -0.160. The van der Waals surface area contributed by atoms with Gasteiger partial charge in [0, 0.05) is 12.1 Å². The Morgan fingerprint density at radius 3 is 2.40 bits per heavy atom. The van der Waals surface area contributed by atoms with Crippen LogP contribution in [-0.2, 0) is 4.79 Å². The molecule has 0 unspecified atom stereocenters. The first-order valence-corrected chi connectivity index (χ1v) is 8.14. The van der Waals surface area contributed by atoms with E-state index in [1.807, 2.05) is 20.8 Å². The van der Waals surface area contributed by atoms with Crippen molar-refractivity contribution in [3.05, 3.63) is 47.1 Å². The lowest BCUT2D eigenvalue weighted by Crippen LogP contribution is -2.20. The molecule has 0 spiro atoms. The maximum absolute atomic E-state index is 12.4. The second-order valence-electron chi connectivity index (χ2n) is 6.91. The summed E-state index contributed by atoms with van der Waals surface area (Å²) in [5, 5.41) is 5.76. The number of carbonyl (C=O) groups excluding carboxylic acids is 2. The minimum Gasteiger partial charge on any atom is -0.384 e. The second kappa shape index (κ2) is 7.53. The molecule has 0 saturated heterocycles. The minimum absolute atomic E-state index is 0.121. The highest BCUT2D eigenvalue weighted by molar-refractivity contribution is 6.34. The van der Waals surface area contributed by atoms with Crippen LogP contribution in [0.3, 0.4) is 0 Å². The Kier molecular flexibility index (Phi) is 5.64. The molecule has 0 aliphatic rings. The van der Waals surface area contributed by atoms with Crippen LogP contribution in [-0.4, -0.2) is 16.8 Å². The number of carbonyl (C=O) groups is 2. The molecule has 0 aliphatic carbocycles. The van der Waals surface area contributed by atoms with E-state index in [4.69, 9.17) is 17.3 Å². The van der Waals surface area contributed by atoms with Crippen LogP contribution in [0.15, 0.2) is 36.5 Å². The number of nitrogens with zero attached hydrogens (tertiary/aromatic N) is 1. The molecule has 2 amide bonds. The van der Waals surface area contributed by atoms with Gasteiger partial charge in [0.1, 0.15) is 5.82 Å². The zero-order valence-corrected chi connectivity index (χ0v) is 15.1. The molecule has 2 aromatic rings. The van der Waals surface area contributed by atoms with Crippen LogP contribution in [0.25, 0.3) is 0 Å². The van der Waals surface area contributed by atoms with Gasteiger partial charge >= 0.3 is 0 Å². The number of nitrogen functional groups attached to an aromatic ring is 1. The summed E-state index contributed by atoms with van der Waals surface area (Å²) in [6.45, 7) is 5.94. The highest BCUT2D eigenvalue weighted by atomic mass is 35.5. The van der Waals surface area contributed by atoms with Gasteiger partial charge in [0.15, 0.2) is 0 Å². The quantitative estimate of drug-likeness (QED) is 0.769. The molecule has 0 fully saturated rings. The van der Waals surface area contributed by atoms with E-state index in [9.17, 15) is 9.59 Å². The number of anilines is 3. The van der Waals surface area contributed by atoms with Crippen LogP contribution >= 0.6 is 11.6 Å². The van der Waals surface area contributed by atoms with Gasteiger partial charge in [-0.2, -0.15) is 0 Å². The summed E-state index contributed by atoms with van der Waals surface area (Å²) in [5.41, 5.74) is 6.66. The normalized spacial score (nSPS) is 11.0. The van der Waals surface area contributed by atoms with Crippen LogP contribution in [0.4, 0.5) is 17.2 Å². The van der Waals surface area contributed by atoms with Crippen LogP contribution in [0.5, 0.6) is 0 Å². The van der Waals surface area contributed by atoms with E-state index < -0.39 is 5.91 Å². The molecular formula is C18H21ClN4O2. The van der Waals surface area contributed by atoms with E-state index >= 15 is 0 Å². The molecule has 6 nitrogen and oxygen atoms in total. The van der Waals surface area contributed by atoms with Crippen molar-refractivity contribution in [2.45, 2.75) is 27.2 Å². The minimum atomic E-state index is -0.400. The highest BCUT2D eigenvalue weighted by Crippen LogP contribution is 2.24. The first-order valence-electron chi connectivity index (χ1n) is 7.76. The number of halogens is 1. The van der Waals surface area contributed by atoms with Crippen molar-refractivity contribution < 1.29 is 9.59 Å². The van der Waals surface area contributed by atoms with Crippen LogP contribution < -0.4 is 16.4 Å². The Morgan fingerprint density at radius 2 is 1.80 bits per heavy atom. The van der Waals surface area contributed by atoms with E-state index in [1.54, 1.807) is 30.3 Å². The average Bonchev–Trinajstić information content (AvgIpc) is 2.49. The highest BCUT2D eigenvalue weighted by Gasteiger charge is 2.17. The molecule has 4 N–H and O–H groups in total. The Labute approximate surface area is 151 Å². The molecule has 0 radical (unpaired) electrons. The SMILES string of the molecule is CC(C)(C)CC(=O)Nc1ccc(Cl)c(C(=O)Nc2ccc(N)nc2)c1. The van der Waals surface area contributed by atoms with E-state index in [0.29, 0.717) is 23.6 Å². The molecule has 1 heterocycles. The smallest absolute Gasteiger partial charge is 0.257 e. The number of amides is 2. The zero-order valence-electron chi connectivity index (χ0n) is 14.4.